The van der Waals surface area contributed by atoms with E-state index >= 15 is 0 Å². The second-order valence-electron chi connectivity index (χ2n) is 5.19. The summed E-state index contributed by atoms with van der Waals surface area (Å²) >= 11 is 0. The Morgan fingerprint density at radius 1 is 1.38 bits per heavy atom. The Bertz CT molecular complexity index is 623. The lowest BCUT2D eigenvalue weighted by Crippen LogP contribution is -2.20. The minimum atomic E-state index is -0.0615. The molecule has 0 aromatic heterocycles. The summed E-state index contributed by atoms with van der Waals surface area (Å²) < 4.78 is 0. The zero-order chi connectivity index (χ0) is 14.1. The van der Waals surface area contributed by atoms with Gasteiger partial charge in [-0.1, -0.05) is 25.1 Å². The third-order valence-corrected chi connectivity index (χ3v) is 3.67. The standard InChI is InChI=1S/C16H18N2O2.BrH/c1-2-7-18-8-3-4-11(10-18)12-5-6-14(19)16-13(12)9-15(20)17-16;/h3-6,10,19H,2,7-9H2,1H3,(H,17,20);1H. The first-order valence-electron chi connectivity index (χ1n) is 6.96. The molecule has 1 aromatic carbocycles. The van der Waals surface area contributed by atoms with E-state index in [0.717, 1.165) is 36.2 Å². The van der Waals surface area contributed by atoms with Gasteiger partial charge in [-0.25, -0.2) is 0 Å². The van der Waals surface area contributed by atoms with Gasteiger partial charge in [0.1, 0.15) is 5.75 Å². The fourth-order valence-corrected chi connectivity index (χ4v) is 2.78. The van der Waals surface area contributed by atoms with E-state index in [-0.39, 0.29) is 28.6 Å². The molecule has 2 heterocycles. The Balaban J connectivity index is 0.00000161. The fraction of sp³-hybridized carbons (Fsp3) is 0.312. The smallest absolute Gasteiger partial charge is 0.229 e. The van der Waals surface area contributed by atoms with E-state index in [9.17, 15) is 9.90 Å². The van der Waals surface area contributed by atoms with E-state index in [1.54, 1.807) is 6.07 Å². The summed E-state index contributed by atoms with van der Waals surface area (Å²) in [6.45, 7) is 4.10. The number of phenols is 1. The summed E-state index contributed by atoms with van der Waals surface area (Å²) in [5, 5.41) is 12.6. The van der Waals surface area contributed by atoms with Crippen LogP contribution in [0.5, 0.6) is 5.75 Å². The van der Waals surface area contributed by atoms with Crippen LogP contribution in [0.25, 0.3) is 5.57 Å². The zero-order valence-electron chi connectivity index (χ0n) is 11.9. The van der Waals surface area contributed by atoms with Crippen molar-refractivity contribution in [3.05, 3.63) is 41.6 Å². The van der Waals surface area contributed by atoms with Crippen LogP contribution in [0.15, 0.2) is 30.5 Å². The van der Waals surface area contributed by atoms with Crippen molar-refractivity contribution in [3.63, 3.8) is 0 Å². The number of rotatable bonds is 3. The molecule has 2 aliphatic rings. The van der Waals surface area contributed by atoms with Gasteiger partial charge >= 0.3 is 0 Å². The molecule has 1 aromatic rings. The normalized spacial score (nSPS) is 16.1. The third-order valence-electron chi connectivity index (χ3n) is 3.67. The van der Waals surface area contributed by atoms with Gasteiger partial charge in [-0.15, -0.1) is 17.0 Å². The molecule has 112 valence electrons. The van der Waals surface area contributed by atoms with E-state index < -0.39 is 0 Å². The average molecular weight is 351 g/mol. The van der Waals surface area contributed by atoms with Gasteiger partial charge in [-0.05, 0) is 29.2 Å². The van der Waals surface area contributed by atoms with Gasteiger partial charge in [0.25, 0.3) is 0 Å². The molecule has 0 spiro atoms. The van der Waals surface area contributed by atoms with Gasteiger partial charge in [-0.3, -0.25) is 4.79 Å². The number of allylic oxidation sites excluding steroid dienone is 2. The largest absolute Gasteiger partial charge is 0.506 e. The number of hydrogen-bond acceptors (Lipinski definition) is 3. The number of amides is 1. The molecule has 4 nitrogen and oxygen atoms in total. The van der Waals surface area contributed by atoms with E-state index in [4.69, 9.17) is 0 Å². The highest BCUT2D eigenvalue weighted by Crippen LogP contribution is 2.38. The quantitative estimate of drug-likeness (QED) is 0.823. The molecule has 0 atom stereocenters. The Kier molecular flexibility index (Phi) is 4.73. The number of carbonyl (C=O) groups excluding carboxylic acids is 1. The Morgan fingerprint density at radius 2 is 2.19 bits per heavy atom. The first-order valence-corrected chi connectivity index (χ1v) is 6.96. The molecule has 5 heteroatoms. The van der Waals surface area contributed by atoms with Crippen LogP contribution in [0.1, 0.15) is 24.5 Å². The van der Waals surface area contributed by atoms with Gasteiger partial charge in [0.05, 0.1) is 12.1 Å². The maximum absolute atomic E-state index is 11.6. The molecule has 2 N–H and O–H groups in total. The van der Waals surface area contributed by atoms with Crippen molar-refractivity contribution < 1.29 is 9.90 Å². The Hall–Kier alpha value is -1.75. The lowest BCUT2D eigenvalue weighted by molar-refractivity contribution is -0.115. The van der Waals surface area contributed by atoms with Crippen molar-refractivity contribution in [2.24, 2.45) is 0 Å². The van der Waals surface area contributed by atoms with Gasteiger partial charge < -0.3 is 15.3 Å². The van der Waals surface area contributed by atoms with E-state index in [2.05, 4.69) is 35.5 Å². The van der Waals surface area contributed by atoms with Crippen LogP contribution in [0.4, 0.5) is 5.69 Å². The number of aromatic hydroxyl groups is 1. The fourth-order valence-electron chi connectivity index (χ4n) is 2.78. The highest BCUT2D eigenvalue weighted by molar-refractivity contribution is 8.93. The molecular weight excluding hydrogens is 332 g/mol. The average Bonchev–Trinajstić information content (AvgIpc) is 2.82. The third kappa shape index (κ3) is 2.97. The molecule has 0 unspecified atom stereocenters. The van der Waals surface area contributed by atoms with Crippen molar-refractivity contribution in [1.82, 2.24) is 4.90 Å². The van der Waals surface area contributed by atoms with E-state index in [1.165, 1.54) is 0 Å². The van der Waals surface area contributed by atoms with Crippen LogP contribution < -0.4 is 5.32 Å². The first kappa shape index (κ1) is 15.6. The maximum Gasteiger partial charge on any atom is 0.229 e. The number of benzene rings is 1. The summed E-state index contributed by atoms with van der Waals surface area (Å²) in [6.07, 6.45) is 7.79. The Labute approximate surface area is 134 Å². The van der Waals surface area contributed by atoms with Gasteiger partial charge in [0.2, 0.25) is 5.91 Å². The molecule has 0 bridgehead atoms. The summed E-state index contributed by atoms with van der Waals surface area (Å²) in [5.74, 6) is 0.0777. The monoisotopic (exact) mass is 350 g/mol. The van der Waals surface area contributed by atoms with Crippen LogP contribution in [0, 0.1) is 0 Å². The van der Waals surface area contributed by atoms with E-state index in [1.807, 2.05) is 6.07 Å². The number of phenolic OH excluding ortho intramolecular Hbond substituents is 1. The van der Waals surface area contributed by atoms with Crippen molar-refractivity contribution >= 4 is 34.1 Å². The van der Waals surface area contributed by atoms with E-state index in [0.29, 0.717) is 12.1 Å². The summed E-state index contributed by atoms with van der Waals surface area (Å²) in [5.41, 5.74) is 3.57. The number of halogens is 1. The molecule has 1 amide bonds. The molecule has 21 heavy (non-hydrogen) atoms. The molecule has 0 radical (unpaired) electrons. The Morgan fingerprint density at radius 3 is 2.95 bits per heavy atom. The zero-order valence-corrected chi connectivity index (χ0v) is 13.6. The number of carbonyl (C=O) groups is 1. The van der Waals surface area contributed by atoms with Crippen LogP contribution in [0.2, 0.25) is 0 Å². The van der Waals surface area contributed by atoms with Gasteiger partial charge in [-0.2, -0.15) is 0 Å². The SMILES string of the molecule is Br.CCCN1C=C(c2ccc(O)c3c2CC(=O)N3)C=CC1. The van der Waals surface area contributed by atoms with Crippen molar-refractivity contribution in [3.8, 4) is 5.75 Å². The van der Waals surface area contributed by atoms with Crippen LogP contribution in [0.3, 0.4) is 0 Å². The van der Waals surface area contributed by atoms with Gasteiger partial charge in [0.15, 0.2) is 0 Å². The number of nitrogens with zero attached hydrogens (tertiary/aromatic N) is 1. The second-order valence-corrected chi connectivity index (χ2v) is 5.19. The highest BCUT2D eigenvalue weighted by Gasteiger charge is 2.25. The minimum Gasteiger partial charge on any atom is -0.506 e. The lowest BCUT2D eigenvalue weighted by atomic mass is 9.96. The van der Waals surface area contributed by atoms with Crippen LogP contribution in [-0.2, 0) is 11.2 Å². The number of hydrogen-bond donors (Lipinski definition) is 2. The molecule has 0 aliphatic carbocycles. The predicted octanol–water partition coefficient (Wildman–Crippen LogP) is 3.09. The topological polar surface area (TPSA) is 52.6 Å². The molecule has 0 fully saturated rings. The molecule has 0 saturated carbocycles. The highest BCUT2D eigenvalue weighted by atomic mass is 79.9. The number of nitrogens with one attached hydrogen (secondary N) is 1. The lowest BCUT2D eigenvalue weighted by Gasteiger charge is -2.23. The first-order chi connectivity index (χ1) is 9.69. The van der Waals surface area contributed by atoms with Gasteiger partial charge in [0, 0.05) is 19.3 Å². The van der Waals surface area contributed by atoms with Crippen molar-refractivity contribution in [1.29, 1.82) is 0 Å². The van der Waals surface area contributed by atoms with Crippen molar-refractivity contribution in [2.75, 3.05) is 18.4 Å². The molecule has 3 rings (SSSR count). The predicted molar refractivity (Wildman–Crippen MR) is 89.7 cm³/mol. The number of fused-ring (bicyclic) bond motifs is 1. The summed E-state index contributed by atoms with van der Waals surface area (Å²) in [7, 11) is 0. The summed E-state index contributed by atoms with van der Waals surface area (Å²) in [4.78, 5) is 13.8. The molecule has 2 aliphatic heterocycles. The summed E-state index contributed by atoms with van der Waals surface area (Å²) in [6, 6.07) is 3.53. The second kappa shape index (κ2) is 6.35. The minimum absolute atomic E-state index is 0. The van der Waals surface area contributed by atoms with Crippen molar-refractivity contribution in [2.45, 2.75) is 19.8 Å². The molecular formula is C16H19BrN2O2. The maximum atomic E-state index is 11.6. The van der Waals surface area contributed by atoms with Crippen LogP contribution >= 0.6 is 17.0 Å². The number of anilines is 1. The van der Waals surface area contributed by atoms with Crippen LogP contribution in [-0.4, -0.2) is 29.0 Å². The molecule has 0 saturated heterocycles.